The average molecular weight is 461 g/mol. The molecule has 0 radical (unpaired) electrons. The highest BCUT2D eigenvalue weighted by Gasteiger charge is 2.14. The Morgan fingerprint density at radius 2 is 1.58 bits per heavy atom. The van der Waals surface area contributed by atoms with Crippen LogP contribution in [-0.4, -0.2) is 24.3 Å². The molecule has 1 amide bonds. The molecule has 0 spiro atoms. The number of anilines is 2. The molecule has 0 atom stereocenters. The van der Waals surface area contributed by atoms with E-state index in [1.807, 2.05) is 6.92 Å². The van der Waals surface area contributed by atoms with Gasteiger partial charge in [-0.1, -0.05) is 18.2 Å². The molecule has 1 aromatic heterocycles. The van der Waals surface area contributed by atoms with Gasteiger partial charge in [-0.15, -0.1) is 0 Å². The van der Waals surface area contributed by atoms with Gasteiger partial charge in [0.2, 0.25) is 0 Å². The molecule has 9 heteroatoms. The van der Waals surface area contributed by atoms with E-state index in [4.69, 9.17) is 4.74 Å². The van der Waals surface area contributed by atoms with Crippen molar-refractivity contribution in [2.45, 2.75) is 11.8 Å². The number of sulfonamides is 1. The Labute approximate surface area is 191 Å². The third-order valence-corrected chi connectivity index (χ3v) is 6.05. The fraction of sp³-hybridized carbons (Fsp3) is 0.0417. The number of nitrogens with one attached hydrogen (secondary N) is 2. The molecule has 0 bridgehead atoms. The Kier molecular flexibility index (Phi) is 6.32. The van der Waals surface area contributed by atoms with Gasteiger partial charge in [-0.25, -0.2) is 18.4 Å². The van der Waals surface area contributed by atoms with E-state index in [9.17, 15) is 13.2 Å². The maximum absolute atomic E-state index is 12.7. The third kappa shape index (κ3) is 5.52. The van der Waals surface area contributed by atoms with Gasteiger partial charge in [0.25, 0.3) is 15.9 Å². The second kappa shape index (κ2) is 9.49. The van der Waals surface area contributed by atoms with Gasteiger partial charge in [-0.2, -0.15) is 0 Å². The molecule has 0 saturated carbocycles. The molecule has 0 saturated heterocycles. The number of aryl methyl sites for hydroxylation is 1. The Bertz CT molecular complexity index is 1360. The normalized spacial score (nSPS) is 10.9. The minimum absolute atomic E-state index is 0.161. The zero-order valence-corrected chi connectivity index (χ0v) is 18.4. The molecule has 4 rings (SSSR count). The van der Waals surface area contributed by atoms with Crippen molar-refractivity contribution in [3.63, 3.8) is 0 Å². The van der Waals surface area contributed by atoms with Crippen LogP contribution < -0.4 is 14.8 Å². The summed E-state index contributed by atoms with van der Waals surface area (Å²) in [6, 6.07) is 21.4. The van der Waals surface area contributed by atoms with Gasteiger partial charge in [0.15, 0.2) is 0 Å². The number of nitrogens with zero attached hydrogens (tertiary/aromatic N) is 2. The highest BCUT2D eigenvalue weighted by Crippen LogP contribution is 2.25. The lowest BCUT2D eigenvalue weighted by molar-refractivity contribution is 0.102. The number of hydrogen-bond donors (Lipinski definition) is 2. The van der Waals surface area contributed by atoms with Crippen LogP contribution >= 0.6 is 0 Å². The second-order valence-corrected chi connectivity index (χ2v) is 8.74. The fourth-order valence-electron chi connectivity index (χ4n) is 2.98. The quantitative estimate of drug-likeness (QED) is 0.416. The second-order valence-electron chi connectivity index (χ2n) is 7.06. The lowest BCUT2D eigenvalue weighted by Crippen LogP contribution is -2.14. The molecular formula is C24H20N4O4S. The lowest BCUT2D eigenvalue weighted by Gasteiger charge is -2.11. The highest BCUT2D eigenvalue weighted by molar-refractivity contribution is 7.92. The number of aromatic nitrogens is 2. The minimum Gasteiger partial charge on any atom is -0.424 e. The summed E-state index contributed by atoms with van der Waals surface area (Å²) in [7, 11) is -3.70. The Morgan fingerprint density at radius 3 is 2.24 bits per heavy atom. The molecule has 0 unspecified atom stereocenters. The van der Waals surface area contributed by atoms with E-state index in [1.165, 1.54) is 12.1 Å². The maximum Gasteiger partial charge on any atom is 0.321 e. The largest absolute Gasteiger partial charge is 0.424 e. The van der Waals surface area contributed by atoms with Crippen molar-refractivity contribution in [1.82, 2.24) is 9.97 Å². The van der Waals surface area contributed by atoms with Crippen molar-refractivity contribution < 1.29 is 17.9 Å². The van der Waals surface area contributed by atoms with Gasteiger partial charge >= 0.3 is 6.01 Å². The zero-order chi connectivity index (χ0) is 23.3. The predicted molar refractivity (Wildman–Crippen MR) is 125 cm³/mol. The summed E-state index contributed by atoms with van der Waals surface area (Å²) in [5.41, 5.74) is 2.16. The molecule has 2 N–H and O–H groups in total. The van der Waals surface area contributed by atoms with E-state index in [-0.39, 0.29) is 16.8 Å². The number of carbonyl (C=O) groups excluding carboxylic acids is 1. The van der Waals surface area contributed by atoms with Crippen molar-refractivity contribution >= 4 is 27.3 Å². The van der Waals surface area contributed by atoms with Gasteiger partial charge in [-0.05, 0) is 73.2 Å². The molecule has 8 nitrogen and oxygen atoms in total. The van der Waals surface area contributed by atoms with Gasteiger partial charge in [0.05, 0.1) is 4.90 Å². The van der Waals surface area contributed by atoms with Crippen LogP contribution in [0.3, 0.4) is 0 Å². The Hall–Kier alpha value is -4.24. The SMILES string of the molecule is Cc1cc(Oc2ncccn2)ccc1NC(=O)c1ccc(NS(=O)(=O)c2ccccc2)cc1. The van der Waals surface area contributed by atoms with Gasteiger partial charge in [0, 0.05) is 29.3 Å². The Balaban J connectivity index is 1.41. The summed E-state index contributed by atoms with van der Waals surface area (Å²) < 4.78 is 33.0. The molecule has 166 valence electrons. The predicted octanol–water partition coefficient (Wildman–Crippen LogP) is 4.63. The number of ether oxygens (including phenoxy) is 1. The number of hydrogen-bond acceptors (Lipinski definition) is 6. The van der Waals surface area contributed by atoms with Gasteiger partial charge in [0.1, 0.15) is 5.75 Å². The summed E-state index contributed by atoms with van der Waals surface area (Å²) in [4.78, 5) is 20.8. The van der Waals surface area contributed by atoms with Gasteiger partial charge in [-0.3, -0.25) is 9.52 Å². The monoisotopic (exact) mass is 460 g/mol. The molecular weight excluding hydrogens is 440 g/mol. The first-order valence-electron chi connectivity index (χ1n) is 9.95. The van der Waals surface area contributed by atoms with Crippen molar-refractivity contribution in [1.29, 1.82) is 0 Å². The molecule has 1 heterocycles. The number of benzene rings is 3. The number of rotatable bonds is 7. The van der Waals surface area contributed by atoms with E-state index < -0.39 is 10.0 Å². The third-order valence-electron chi connectivity index (χ3n) is 4.65. The van der Waals surface area contributed by atoms with E-state index >= 15 is 0 Å². The van der Waals surface area contributed by atoms with Crippen LogP contribution in [0.15, 0.2) is 96.2 Å². The highest BCUT2D eigenvalue weighted by atomic mass is 32.2. The Morgan fingerprint density at radius 1 is 0.879 bits per heavy atom. The first-order chi connectivity index (χ1) is 15.9. The van der Waals surface area contributed by atoms with Crippen molar-refractivity contribution in [3.8, 4) is 11.8 Å². The summed E-state index contributed by atoms with van der Waals surface area (Å²) >= 11 is 0. The molecule has 0 aliphatic rings. The molecule has 0 aliphatic heterocycles. The van der Waals surface area contributed by atoms with Crippen molar-refractivity contribution in [2.75, 3.05) is 10.0 Å². The van der Waals surface area contributed by atoms with Crippen molar-refractivity contribution in [3.05, 3.63) is 102 Å². The average Bonchev–Trinajstić information content (AvgIpc) is 2.82. The van der Waals surface area contributed by atoms with E-state index in [2.05, 4.69) is 20.0 Å². The standard InChI is InChI=1S/C24H20N4O4S/c1-17-16-20(32-24-25-14-5-15-26-24)12-13-22(17)27-23(29)18-8-10-19(11-9-18)28-33(30,31)21-6-3-2-4-7-21/h2-16,28H,1H3,(H,27,29). The van der Waals surface area contributed by atoms with Crippen LogP contribution in [0, 0.1) is 6.92 Å². The van der Waals surface area contributed by atoms with E-state index in [0.29, 0.717) is 22.7 Å². The maximum atomic E-state index is 12.7. The first-order valence-corrected chi connectivity index (χ1v) is 11.4. The van der Waals surface area contributed by atoms with Crippen LogP contribution in [0.1, 0.15) is 15.9 Å². The first kappa shape index (κ1) is 22.0. The molecule has 3 aromatic carbocycles. The number of amides is 1. The van der Waals surface area contributed by atoms with Crippen LogP contribution in [0.4, 0.5) is 11.4 Å². The summed E-state index contributed by atoms with van der Waals surface area (Å²) in [6.45, 7) is 1.84. The summed E-state index contributed by atoms with van der Waals surface area (Å²) in [5, 5.41) is 2.85. The molecule has 0 aliphatic carbocycles. The minimum atomic E-state index is -3.70. The van der Waals surface area contributed by atoms with Crippen LogP contribution in [-0.2, 0) is 10.0 Å². The topological polar surface area (TPSA) is 110 Å². The number of carbonyl (C=O) groups is 1. The molecule has 4 aromatic rings. The molecule has 0 fully saturated rings. The lowest BCUT2D eigenvalue weighted by atomic mass is 10.1. The van der Waals surface area contributed by atoms with E-state index in [1.54, 1.807) is 79.1 Å². The van der Waals surface area contributed by atoms with E-state index in [0.717, 1.165) is 5.56 Å². The van der Waals surface area contributed by atoms with Crippen LogP contribution in [0.2, 0.25) is 0 Å². The van der Waals surface area contributed by atoms with Crippen LogP contribution in [0.25, 0.3) is 0 Å². The van der Waals surface area contributed by atoms with Gasteiger partial charge < -0.3 is 10.1 Å². The fourth-order valence-corrected chi connectivity index (χ4v) is 4.06. The van der Waals surface area contributed by atoms with Crippen molar-refractivity contribution in [2.24, 2.45) is 0 Å². The smallest absolute Gasteiger partial charge is 0.321 e. The summed E-state index contributed by atoms with van der Waals surface area (Å²) in [6.07, 6.45) is 3.17. The zero-order valence-electron chi connectivity index (χ0n) is 17.6. The molecule has 33 heavy (non-hydrogen) atoms. The summed E-state index contributed by atoms with van der Waals surface area (Å²) in [5.74, 6) is 0.224. The van der Waals surface area contributed by atoms with Crippen LogP contribution in [0.5, 0.6) is 11.8 Å².